The molecule has 0 amide bonds. The number of hydrogen-bond donors (Lipinski definition) is 1. The molecule has 0 saturated heterocycles. The molecule has 3 rings (SSSR count). The van der Waals surface area contributed by atoms with Gasteiger partial charge in [-0.05, 0) is 41.3 Å². The smallest absolute Gasteiger partial charge is 0.0441 e. The van der Waals surface area contributed by atoms with Crippen LogP contribution in [0.1, 0.15) is 5.56 Å². The summed E-state index contributed by atoms with van der Waals surface area (Å²) >= 11 is 12.0. The summed E-state index contributed by atoms with van der Waals surface area (Å²) in [6.45, 7) is 0.717. The van der Waals surface area contributed by atoms with Crippen LogP contribution in [0.3, 0.4) is 0 Å². The van der Waals surface area contributed by atoms with E-state index in [9.17, 15) is 0 Å². The van der Waals surface area contributed by atoms with Gasteiger partial charge in [0.15, 0.2) is 0 Å². The molecule has 0 saturated carbocycles. The summed E-state index contributed by atoms with van der Waals surface area (Å²) in [7, 11) is 0. The van der Waals surface area contributed by atoms with Crippen molar-refractivity contribution in [3.05, 3.63) is 70.5 Å². The van der Waals surface area contributed by atoms with Crippen molar-refractivity contribution in [3.8, 4) is 0 Å². The zero-order chi connectivity index (χ0) is 13.9. The van der Waals surface area contributed by atoms with E-state index in [1.54, 1.807) is 12.3 Å². The molecule has 3 aromatic rings. The Labute approximate surface area is 127 Å². The maximum Gasteiger partial charge on any atom is 0.0441 e. The zero-order valence-corrected chi connectivity index (χ0v) is 12.1. The normalized spacial score (nSPS) is 10.7. The van der Waals surface area contributed by atoms with E-state index < -0.39 is 0 Å². The molecule has 100 valence electrons. The van der Waals surface area contributed by atoms with E-state index in [1.807, 2.05) is 24.4 Å². The summed E-state index contributed by atoms with van der Waals surface area (Å²) in [5.74, 6) is 0. The fourth-order valence-corrected chi connectivity index (χ4v) is 2.63. The first-order chi connectivity index (χ1) is 9.70. The number of fused-ring (bicyclic) bond motifs is 1. The molecule has 1 N–H and O–H groups in total. The lowest BCUT2D eigenvalue weighted by Gasteiger charge is -2.08. The molecular formula is C16H12Cl2N2. The van der Waals surface area contributed by atoms with Crippen molar-refractivity contribution in [2.75, 3.05) is 5.32 Å². The minimum atomic E-state index is 0.629. The number of halogens is 2. The highest BCUT2D eigenvalue weighted by atomic mass is 35.5. The Kier molecular flexibility index (Phi) is 3.77. The number of pyridine rings is 1. The number of anilines is 1. The lowest BCUT2D eigenvalue weighted by molar-refractivity contribution is 1.15. The lowest BCUT2D eigenvalue weighted by Crippen LogP contribution is -1.99. The predicted octanol–water partition coefficient (Wildman–Crippen LogP) is 5.15. The Morgan fingerprint density at radius 3 is 2.50 bits per heavy atom. The highest BCUT2D eigenvalue weighted by Crippen LogP contribution is 2.23. The Bertz CT molecular complexity index is 736. The third-order valence-electron chi connectivity index (χ3n) is 3.06. The molecule has 1 aromatic heterocycles. The van der Waals surface area contributed by atoms with Crippen LogP contribution in [0.25, 0.3) is 10.8 Å². The summed E-state index contributed by atoms with van der Waals surface area (Å²) in [6, 6.07) is 13.8. The average Bonchev–Trinajstić information content (AvgIpc) is 2.44. The van der Waals surface area contributed by atoms with Gasteiger partial charge >= 0.3 is 0 Å². The molecule has 4 heteroatoms. The van der Waals surface area contributed by atoms with Gasteiger partial charge in [0.25, 0.3) is 0 Å². The molecule has 0 unspecified atom stereocenters. The van der Waals surface area contributed by atoms with Crippen molar-refractivity contribution in [1.82, 2.24) is 4.98 Å². The van der Waals surface area contributed by atoms with Crippen molar-refractivity contribution in [2.45, 2.75) is 6.54 Å². The Morgan fingerprint density at radius 1 is 0.900 bits per heavy atom. The van der Waals surface area contributed by atoms with E-state index in [0.717, 1.165) is 17.6 Å². The van der Waals surface area contributed by atoms with Crippen LogP contribution < -0.4 is 5.32 Å². The fourth-order valence-electron chi connectivity index (χ4n) is 2.10. The maximum absolute atomic E-state index is 5.98. The van der Waals surface area contributed by atoms with Gasteiger partial charge in [0, 0.05) is 40.1 Å². The number of rotatable bonds is 3. The Morgan fingerprint density at radius 2 is 1.70 bits per heavy atom. The molecule has 0 aliphatic rings. The molecule has 0 radical (unpaired) electrons. The van der Waals surface area contributed by atoms with Crippen LogP contribution in [0.5, 0.6) is 0 Å². The van der Waals surface area contributed by atoms with Crippen LogP contribution >= 0.6 is 23.2 Å². The monoisotopic (exact) mass is 302 g/mol. The first-order valence-electron chi connectivity index (χ1n) is 6.23. The highest BCUT2D eigenvalue weighted by Gasteiger charge is 2.00. The van der Waals surface area contributed by atoms with E-state index in [-0.39, 0.29) is 0 Å². The number of nitrogens with one attached hydrogen (secondary N) is 1. The summed E-state index contributed by atoms with van der Waals surface area (Å²) in [5, 5.41) is 6.91. The Hall–Kier alpha value is -1.77. The second-order valence-electron chi connectivity index (χ2n) is 4.57. The van der Waals surface area contributed by atoms with Crippen LogP contribution in [-0.2, 0) is 6.54 Å². The lowest BCUT2D eigenvalue weighted by atomic mass is 10.1. The summed E-state index contributed by atoms with van der Waals surface area (Å²) < 4.78 is 0. The van der Waals surface area contributed by atoms with Gasteiger partial charge in [-0.25, -0.2) is 0 Å². The molecular weight excluding hydrogens is 291 g/mol. The third-order valence-corrected chi connectivity index (χ3v) is 3.50. The zero-order valence-electron chi connectivity index (χ0n) is 10.6. The summed E-state index contributed by atoms with van der Waals surface area (Å²) in [5.41, 5.74) is 2.11. The van der Waals surface area contributed by atoms with Gasteiger partial charge in [0.1, 0.15) is 0 Å². The van der Waals surface area contributed by atoms with Crippen LogP contribution in [0, 0.1) is 0 Å². The van der Waals surface area contributed by atoms with E-state index in [2.05, 4.69) is 28.5 Å². The van der Waals surface area contributed by atoms with Crippen molar-refractivity contribution in [1.29, 1.82) is 0 Å². The predicted molar refractivity (Wildman–Crippen MR) is 85.5 cm³/mol. The minimum absolute atomic E-state index is 0.629. The van der Waals surface area contributed by atoms with Gasteiger partial charge in [-0.3, -0.25) is 4.98 Å². The standard InChI is InChI=1S/C16H12Cl2N2/c17-14-6-15(18)8-16(7-14)20-9-11-1-2-13-10-19-4-3-12(13)5-11/h1-8,10,20H,9H2. The quantitative estimate of drug-likeness (QED) is 0.723. The molecule has 2 nitrogen and oxygen atoms in total. The molecule has 20 heavy (non-hydrogen) atoms. The van der Waals surface area contributed by atoms with Gasteiger partial charge in [-0.15, -0.1) is 0 Å². The third kappa shape index (κ3) is 3.03. The highest BCUT2D eigenvalue weighted by molar-refractivity contribution is 6.35. The van der Waals surface area contributed by atoms with E-state index in [1.165, 1.54) is 10.9 Å². The van der Waals surface area contributed by atoms with Gasteiger partial charge in [0.05, 0.1) is 0 Å². The summed E-state index contributed by atoms with van der Waals surface area (Å²) in [4.78, 5) is 4.11. The number of hydrogen-bond acceptors (Lipinski definition) is 2. The maximum atomic E-state index is 5.98. The number of nitrogens with zero attached hydrogens (tertiary/aromatic N) is 1. The SMILES string of the molecule is Clc1cc(Cl)cc(NCc2ccc3cnccc3c2)c1. The molecule has 0 bridgehead atoms. The van der Waals surface area contributed by atoms with Crippen LogP contribution in [-0.4, -0.2) is 4.98 Å². The first-order valence-corrected chi connectivity index (χ1v) is 6.99. The molecule has 1 heterocycles. The molecule has 0 spiro atoms. The van der Waals surface area contributed by atoms with Crippen LogP contribution in [0.15, 0.2) is 54.9 Å². The number of benzene rings is 2. The van der Waals surface area contributed by atoms with Gasteiger partial charge < -0.3 is 5.32 Å². The second kappa shape index (κ2) is 5.70. The first kappa shape index (κ1) is 13.2. The largest absolute Gasteiger partial charge is 0.381 e. The molecule has 0 fully saturated rings. The second-order valence-corrected chi connectivity index (χ2v) is 5.44. The van der Waals surface area contributed by atoms with E-state index in [4.69, 9.17) is 23.2 Å². The fraction of sp³-hybridized carbons (Fsp3) is 0.0625. The number of aromatic nitrogens is 1. The van der Waals surface area contributed by atoms with Gasteiger partial charge in [0.2, 0.25) is 0 Å². The van der Waals surface area contributed by atoms with Crippen LogP contribution in [0.2, 0.25) is 10.0 Å². The van der Waals surface area contributed by atoms with Crippen LogP contribution in [0.4, 0.5) is 5.69 Å². The van der Waals surface area contributed by atoms with Crippen molar-refractivity contribution >= 4 is 39.7 Å². The average molecular weight is 303 g/mol. The molecule has 0 aliphatic heterocycles. The minimum Gasteiger partial charge on any atom is -0.381 e. The molecule has 0 atom stereocenters. The van der Waals surface area contributed by atoms with Gasteiger partial charge in [-0.1, -0.05) is 35.3 Å². The molecule has 2 aromatic carbocycles. The summed E-state index contributed by atoms with van der Waals surface area (Å²) in [6.07, 6.45) is 3.67. The van der Waals surface area contributed by atoms with Crippen molar-refractivity contribution in [2.24, 2.45) is 0 Å². The van der Waals surface area contributed by atoms with Crippen molar-refractivity contribution < 1.29 is 0 Å². The van der Waals surface area contributed by atoms with Crippen molar-refractivity contribution in [3.63, 3.8) is 0 Å². The topological polar surface area (TPSA) is 24.9 Å². The van der Waals surface area contributed by atoms with E-state index >= 15 is 0 Å². The van der Waals surface area contributed by atoms with E-state index in [0.29, 0.717) is 10.0 Å². The molecule has 0 aliphatic carbocycles. The van der Waals surface area contributed by atoms with Gasteiger partial charge in [-0.2, -0.15) is 0 Å². The Balaban J connectivity index is 1.79.